The minimum atomic E-state index is 0.461. The lowest BCUT2D eigenvalue weighted by Crippen LogP contribution is -2.12. The van der Waals surface area contributed by atoms with Gasteiger partial charge in [0.1, 0.15) is 5.82 Å². The number of aryl methyl sites for hydroxylation is 1. The van der Waals surface area contributed by atoms with Gasteiger partial charge < -0.3 is 10.1 Å². The number of hydrogen-bond donors (Lipinski definition) is 1. The molecule has 2 heterocycles. The maximum atomic E-state index is 5.55. The van der Waals surface area contributed by atoms with Crippen LogP contribution in [-0.2, 0) is 4.74 Å². The van der Waals surface area contributed by atoms with Crippen LogP contribution in [0.15, 0.2) is 18.3 Å². The predicted molar refractivity (Wildman–Crippen MR) is 61.1 cm³/mol. The molecule has 1 aromatic rings. The van der Waals surface area contributed by atoms with E-state index in [0.29, 0.717) is 6.10 Å². The fraction of sp³-hybridized carbons (Fsp3) is 0.583. The molecule has 3 nitrogen and oxygen atoms in total. The second-order valence-electron chi connectivity index (χ2n) is 4.07. The van der Waals surface area contributed by atoms with Crippen LogP contribution >= 0.6 is 0 Å². The largest absolute Gasteiger partial charge is 0.378 e. The van der Waals surface area contributed by atoms with Crippen molar-refractivity contribution in [3.63, 3.8) is 0 Å². The highest BCUT2D eigenvalue weighted by molar-refractivity contribution is 5.34. The first-order valence-electron chi connectivity index (χ1n) is 5.63. The molecule has 0 aromatic carbocycles. The molecule has 1 N–H and O–H groups in total. The lowest BCUT2D eigenvalue weighted by Gasteiger charge is -2.10. The van der Waals surface area contributed by atoms with Crippen LogP contribution in [0.4, 0.5) is 5.82 Å². The van der Waals surface area contributed by atoms with Gasteiger partial charge in [-0.1, -0.05) is 6.07 Å². The Morgan fingerprint density at radius 3 is 3.13 bits per heavy atom. The van der Waals surface area contributed by atoms with Gasteiger partial charge >= 0.3 is 0 Å². The third-order valence-electron chi connectivity index (χ3n) is 2.71. The fourth-order valence-electron chi connectivity index (χ4n) is 1.81. The summed E-state index contributed by atoms with van der Waals surface area (Å²) in [6, 6.07) is 4.09. The van der Waals surface area contributed by atoms with Crippen molar-refractivity contribution in [3.05, 3.63) is 23.9 Å². The number of aromatic nitrogens is 1. The summed E-state index contributed by atoms with van der Waals surface area (Å²) in [7, 11) is 0. The van der Waals surface area contributed by atoms with Crippen LogP contribution in [0, 0.1) is 6.92 Å². The lowest BCUT2D eigenvalue weighted by atomic mass is 10.2. The Balaban J connectivity index is 1.71. The van der Waals surface area contributed by atoms with Crippen LogP contribution in [-0.4, -0.2) is 24.2 Å². The summed E-state index contributed by atoms with van der Waals surface area (Å²) in [5, 5.41) is 3.31. The van der Waals surface area contributed by atoms with E-state index in [9.17, 15) is 0 Å². The second kappa shape index (κ2) is 5.12. The van der Waals surface area contributed by atoms with Gasteiger partial charge in [0.2, 0.25) is 0 Å². The smallest absolute Gasteiger partial charge is 0.125 e. The summed E-state index contributed by atoms with van der Waals surface area (Å²) >= 11 is 0. The van der Waals surface area contributed by atoms with E-state index in [1.807, 2.05) is 19.2 Å². The number of ether oxygens (including phenoxy) is 1. The zero-order valence-electron chi connectivity index (χ0n) is 9.20. The topological polar surface area (TPSA) is 34.1 Å². The molecular weight excluding hydrogens is 188 g/mol. The Morgan fingerprint density at radius 1 is 1.53 bits per heavy atom. The number of nitrogens with one attached hydrogen (secondary N) is 1. The van der Waals surface area contributed by atoms with Crippen molar-refractivity contribution in [2.45, 2.75) is 32.3 Å². The Labute approximate surface area is 90.9 Å². The average molecular weight is 206 g/mol. The first-order valence-corrected chi connectivity index (χ1v) is 5.63. The zero-order chi connectivity index (χ0) is 10.5. The predicted octanol–water partition coefficient (Wildman–Crippen LogP) is 2.37. The highest BCUT2D eigenvalue weighted by Gasteiger charge is 2.14. The lowest BCUT2D eigenvalue weighted by molar-refractivity contribution is 0.107. The van der Waals surface area contributed by atoms with Gasteiger partial charge in [-0.25, -0.2) is 4.98 Å². The van der Waals surface area contributed by atoms with Crippen molar-refractivity contribution < 1.29 is 4.74 Å². The second-order valence-corrected chi connectivity index (χ2v) is 4.07. The van der Waals surface area contributed by atoms with Gasteiger partial charge in [0.15, 0.2) is 0 Å². The van der Waals surface area contributed by atoms with E-state index in [-0.39, 0.29) is 0 Å². The molecule has 3 heteroatoms. The third-order valence-corrected chi connectivity index (χ3v) is 2.71. The Kier molecular flexibility index (Phi) is 3.56. The molecule has 15 heavy (non-hydrogen) atoms. The number of anilines is 1. The van der Waals surface area contributed by atoms with Crippen molar-refractivity contribution in [1.82, 2.24) is 4.98 Å². The van der Waals surface area contributed by atoms with Gasteiger partial charge in [-0.3, -0.25) is 0 Å². The van der Waals surface area contributed by atoms with Crippen LogP contribution in [0.2, 0.25) is 0 Å². The molecule has 1 aromatic heterocycles. The van der Waals surface area contributed by atoms with E-state index >= 15 is 0 Å². The third kappa shape index (κ3) is 3.20. The van der Waals surface area contributed by atoms with Crippen LogP contribution in [0.5, 0.6) is 0 Å². The minimum Gasteiger partial charge on any atom is -0.378 e. The van der Waals surface area contributed by atoms with Crippen LogP contribution < -0.4 is 5.32 Å². The summed E-state index contributed by atoms with van der Waals surface area (Å²) in [4.78, 5) is 4.29. The molecule has 1 fully saturated rings. The van der Waals surface area contributed by atoms with Gasteiger partial charge in [0.05, 0.1) is 6.10 Å². The van der Waals surface area contributed by atoms with Crippen molar-refractivity contribution >= 4 is 5.82 Å². The van der Waals surface area contributed by atoms with Gasteiger partial charge in [-0.05, 0) is 37.8 Å². The zero-order valence-corrected chi connectivity index (χ0v) is 9.20. The molecule has 82 valence electrons. The summed E-state index contributed by atoms with van der Waals surface area (Å²) in [5.74, 6) is 0.957. The summed E-state index contributed by atoms with van der Waals surface area (Å²) in [6.45, 7) is 3.93. The highest BCUT2D eigenvalue weighted by Crippen LogP contribution is 2.15. The van der Waals surface area contributed by atoms with Gasteiger partial charge in [-0.15, -0.1) is 0 Å². The highest BCUT2D eigenvalue weighted by atomic mass is 16.5. The molecule has 0 radical (unpaired) electrons. The molecule has 0 spiro atoms. The first kappa shape index (κ1) is 10.4. The molecule has 0 amide bonds. The molecule has 0 saturated carbocycles. The molecule has 2 rings (SSSR count). The molecule has 1 aliphatic heterocycles. The Hall–Kier alpha value is -1.09. The Bertz CT molecular complexity index is 291. The van der Waals surface area contributed by atoms with Crippen LogP contribution in [0.25, 0.3) is 0 Å². The molecule has 0 bridgehead atoms. The number of hydrogen-bond acceptors (Lipinski definition) is 3. The summed E-state index contributed by atoms with van der Waals surface area (Å²) < 4.78 is 5.55. The van der Waals surface area contributed by atoms with Crippen molar-refractivity contribution in [2.24, 2.45) is 0 Å². The molecule has 1 aliphatic rings. The van der Waals surface area contributed by atoms with E-state index in [4.69, 9.17) is 4.74 Å². The molecule has 1 saturated heterocycles. The molecule has 1 unspecified atom stereocenters. The van der Waals surface area contributed by atoms with Gasteiger partial charge in [-0.2, -0.15) is 0 Å². The summed E-state index contributed by atoms with van der Waals surface area (Å²) in [6.07, 6.45) is 5.85. The van der Waals surface area contributed by atoms with E-state index in [1.165, 1.54) is 18.4 Å². The van der Waals surface area contributed by atoms with Crippen molar-refractivity contribution in [1.29, 1.82) is 0 Å². The monoisotopic (exact) mass is 206 g/mol. The normalized spacial score (nSPS) is 20.5. The first-order chi connectivity index (χ1) is 7.34. The van der Waals surface area contributed by atoms with E-state index in [2.05, 4.69) is 16.4 Å². The van der Waals surface area contributed by atoms with Crippen molar-refractivity contribution in [3.8, 4) is 0 Å². The average Bonchev–Trinajstić information content (AvgIpc) is 2.74. The van der Waals surface area contributed by atoms with E-state index in [0.717, 1.165) is 25.4 Å². The molecule has 1 atom stereocenters. The molecular formula is C12H18N2O. The summed E-state index contributed by atoms with van der Waals surface area (Å²) in [5.41, 5.74) is 1.19. The number of nitrogens with zero attached hydrogens (tertiary/aromatic N) is 1. The minimum absolute atomic E-state index is 0.461. The van der Waals surface area contributed by atoms with E-state index < -0.39 is 0 Å². The van der Waals surface area contributed by atoms with Crippen molar-refractivity contribution in [2.75, 3.05) is 18.5 Å². The Morgan fingerprint density at radius 2 is 2.47 bits per heavy atom. The maximum absolute atomic E-state index is 5.55. The number of pyridine rings is 1. The quantitative estimate of drug-likeness (QED) is 0.821. The van der Waals surface area contributed by atoms with Gasteiger partial charge in [0, 0.05) is 19.3 Å². The van der Waals surface area contributed by atoms with Crippen LogP contribution in [0.3, 0.4) is 0 Å². The molecule has 0 aliphatic carbocycles. The number of rotatable bonds is 4. The SMILES string of the molecule is Cc1ccc(NCCC2CCCO2)nc1. The van der Waals surface area contributed by atoms with E-state index in [1.54, 1.807) is 0 Å². The fourth-order valence-corrected chi connectivity index (χ4v) is 1.81. The maximum Gasteiger partial charge on any atom is 0.125 e. The van der Waals surface area contributed by atoms with Crippen LogP contribution in [0.1, 0.15) is 24.8 Å². The standard InChI is InChI=1S/C12H18N2O/c1-10-4-5-12(14-9-10)13-7-6-11-3-2-8-15-11/h4-5,9,11H,2-3,6-8H2,1H3,(H,13,14). The van der Waals surface area contributed by atoms with Gasteiger partial charge in [0.25, 0.3) is 0 Å².